The molecule has 1 aliphatic rings. The van der Waals surface area contributed by atoms with Crippen LogP contribution in [0.5, 0.6) is 0 Å². The molecule has 4 nitrogen and oxygen atoms in total. The van der Waals surface area contributed by atoms with Crippen LogP contribution < -0.4 is 0 Å². The fraction of sp³-hybridized carbons (Fsp3) is 0.400. The Balaban J connectivity index is 2.19. The maximum absolute atomic E-state index is 13.7. The normalized spacial score (nSPS) is 19.6. The molecule has 0 radical (unpaired) electrons. The van der Waals surface area contributed by atoms with Gasteiger partial charge in [-0.3, -0.25) is 14.7 Å². The molecular formula is C20H21F3N2O2. The number of rotatable bonds is 4. The largest absolute Gasteiger partial charge is 0.480 e. The Kier molecular flexibility index (Phi) is 5.51. The number of piperidine rings is 1. The van der Waals surface area contributed by atoms with E-state index in [4.69, 9.17) is 0 Å². The molecule has 0 amide bonds. The number of carboxylic acids is 1. The molecule has 0 bridgehead atoms. The summed E-state index contributed by atoms with van der Waals surface area (Å²) in [5, 5.41) is 9.65. The lowest BCUT2D eigenvalue weighted by Gasteiger charge is -2.39. The molecule has 27 heavy (non-hydrogen) atoms. The molecule has 3 rings (SSSR count). The molecule has 7 heteroatoms. The maximum atomic E-state index is 13.7. The Bertz CT molecular complexity index is 823. The molecule has 2 unspecified atom stereocenters. The van der Waals surface area contributed by atoms with Crippen LogP contribution in [0.25, 0.3) is 0 Å². The third-order valence-corrected chi connectivity index (χ3v) is 4.91. The minimum atomic E-state index is -4.53. The standard InChI is InChI=1S/C20H21F3N2O2/c1-13-7-6-10-16(24-13)18(25-12-5-4-11-17(25)19(26)27)14-8-2-3-9-15(14)20(21,22)23/h2-3,6-10,17-18H,4-5,11-12H2,1H3,(H,26,27). The Morgan fingerprint density at radius 1 is 1.19 bits per heavy atom. The summed E-state index contributed by atoms with van der Waals surface area (Å²) >= 11 is 0. The molecule has 1 aliphatic heterocycles. The van der Waals surface area contributed by atoms with Crippen molar-refractivity contribution in [1.29, 1.82) is 0 Å². The number of aryl methyl sites for hydroxylation is 1. The van der Waals surface area contributed by atoms with Gasteiger partial charge >= 0.3 is 12.1 Å². The lowest BCUT2D eigenvalue weighted by molar-refractivity contribution is -0.145. The van der Waals surface area contributed by atoms with E-state index in [0.29, 0.717) is 24.4 Å². The molecule has 0 saturated carbocycles. The molecule has 0 aliphatic carbocycles. The molecular weight excluding hydrogens is 357 g/mol. The Morgan fingerprint density at radius 3 is 2.59 bits per heavy atom. The zero-order chi connectivity index (χ0) is 19.6. The molecule has 2 aromatic rings. The minimum Gasteiger partial charge on any atom is -0.480 e. The van der Waals surface area contributed by atoms with Crippen LogP contribution in [0, 0.1) is 6.92 Å². The predicted octanol–water partition coefficient (Wildman–Crippen LogP) is 4.44. The Labute approximate surface area is 155 Å². The first-order valence-corrected chi connectivity index (χ1v) is 8.87. The second-order valence-electron chi connectivity index (χ2n) is 6.78. The van der Waals surface area contributed by atoms with Gasteiger partial charge in [0.05, 0.1) is 17.3 Å². The van der Waals surface area contributed by atoms with Gasteiger partial charge in [-0.25, -0.2) is 0 Å². The number of hydrogen-bond acceptors (Lipinski definition) is 3. The van der Waals surface area contributed by atoms with Gasteiger partial charge in [0.15, 0.2) is 0 Å². The zero-order valence-electron chi connectivity index (χ0n) is 14.9. The summed E-state index contributed by atoms with van der Waals surface area (Å²) in [5.74, 6) is -1.02. The first kappa shape index (κ1) is 19.4. The fourth-order valence-corrected chi connectivity index (χ4v) is 3.75. The van der Waals surface area contributed by atoms with Crippen molar-refractivity contribution in [3.05, 3.63) is 65.0 Å². The summed E-state index contributed by atoms with van der Waals surface area (Å²) in [4.78, 5) is 17.9. The van der Waals surface area contributed by atoms with E-state index in [0.717, 1.165) is 18.9 Å². The van der Waals surface area contributed by atoms with Crippen LogP contribution in [0.2, 0.25) is 0 Å². The van der Waals surface area contributed by atoms with Crippen LogP contribution in [-0.2, 0) is 11.0 Å². The van der Waals surface area contributed by atoms with Gasteiger partial charge in [0.2, 0.25) is 0 Å². The van der Waals surface area contributed by atoms with E-state index >= 15 is 0 Å². The van der Waals surface area contributed by atoms with E-state index in [1.807, 2.05) is 0 Å². The van der Waals surface area contributed by atoms with Gasteiger partial charge < -0.3 is 5.11 Å². The van der Waals surface area contributed by atoms with Gasteiger partial charge in [0, 0.05) is 5.69 Å². The number of alkyl halides is 3. The smallest absolute Gasteiger partial charge is 0.416 e. The highest BCUT2D eigenvalue weighted by atomic mass is 19.4. The second kappa shape index (κ2) is 7.68. The predicted molar refractivity (Wildman–Crippen MR) is 94.2 cm³/mol. The quantitative estimate of drug-likeness (QED) is 0.855. The van der Waals surface area contributed by atoms with Gasteiger partial charge in [-0.2, -0.15) is 13.2 Å². The zero-order valence-corrected chi connectivity index (χ0v) is 14.9. The van der Waals surface area contributed by atoms with Gasteiger partial charge in [0.1, 0.15) is 6.04 Å². The van der Waals surface area contributed by atoms with Crippen molar-refractivity contribution >= 4 is 5.97 Å². The SMILES string of the molecule is Cc1cccc(C(c2ccccc2C(F)(F)F)N2CCCCC2C(=O)O)n1. The average Bonchev–Trinajstić information content (AvgIpc) is 2.62. The van der Waals surface area contributed by atoms with E-state index in [-0.39, 0.29) is 5.56 Å². The van der Waals surface area contributed by atoms with E-state index in [1.165, 1.54) is 12.1 Å². The van der Waals surface area contributed by atoms with Crippen molar-refractivity contribution < 1.29 is 23.1 Å². The van der Waals surface area contributed by atoms with Crippen molar-refractivity contribution in [2.75, 3.05) is 6.54 Å². The van der Waals surface area contributed by atoms with Crippen LogP contribution in [0.3, 0.4) is 0 Å². The van der Waals surface area contributed by atoms with Crippen LogP contribution in [0.1, 0.15) is 47.8 Å². The number of aromatic nitrogens is 1. The van der Waals surface area contributed by atoms with E-state index in [1.54, 1.807) is 36.1 Å². The fourth-order valence-electron chi connectivity index (χ4n) is 3.75. The van der Waals surface area contributed by atoms with E-state index < -0.39 is 29.8 Å². The number of hydrogen-bond donors (Lipinski definition) is 1. The lowest BCUT2D eigenvalue weighted by Crippen LogP contribution is -2.47. The summed E-state index contributed by atoms with van der Waals surface area (Å²) in [6.07, 6.45) is -2.65. The minimum absolute atomic E-state index is 0.0382. The number of carboxylic acid groups (broad SMARTS) is 1. The molecule has 2 atom stereocenters. The van der Waals surface area contributed by atoms with Crippen LogP contribution in [-0.4, -0.2) is 33.5 Å². The van der Waals surface area contributed by atoms with E-state index in [9.17, 15) is 23.1 Å². The third-order valence-electron chi connectivity index (χ3n) is 4.91. The van der Waals surface area contributed by atoms with Crippen LogP contribution in [0.15, 0.2) is 42.5 Å². The molecule has 0 spiro atoms. The number of pyridine rings is 1. The van der Waals surface area contributed by atoms with Crippen LogP contribution in [0.4, 0.5) is 13.2 Å². The van der Waals surface area contributed by atoms with Crippen molar-refractivity contribution in [2.45, 2.75) is 44.4 Å². The highest BCUT2D eigenvalue weighted by molar-refractivity contribution is 5.73. The maximum Gasteiger partial charge on any atom is 0.416 e. The van der Waals surface area contributed by atoms with Crippen LogP contribution >= 0.6 is 0 Å². The van der Waals surface area contributed by atoms with Gasteiger partial charge in [0.25, 0.3) is 0 Å². The Morgan fingerprint density at radius 2 is 1.93 bits per heavy atom. The van der Waals surface area contributed by atoms with Gasteiger partial charge in [-0.15, -0.1) is 0 Å². The van der Waals surface area contributed by atoms with Crippen molar-refractivity contribution in [3.8, 4) is 0 Å². The summed E-state index contributed by atoms with van der Waals surface area (Å²) < 4.78 is 41.0. The summed E-state index contributed by atoms with van der Waals surface area (Å²) in [5.41, 5.74) is 0.384. The van der Waals surface area contributed by atoms with E-state index in [2.05, 4.69) is 4.98 Å². The molecule has 1 aromatic heterocycles. The molecule has 1 N–H and O–H groups in total. The van der Waals surface area contributed by atoms with Gasteiger partial charge in [-0.1, -0.05) is 30.7 Å². The first-order chi connectivity index (χ1) is 12.8. The number of benzene rings is 1. The number of likely N-dealkylation sites (tertiary alicyclic amines) is 1. The molecule has 1 fully saturated rings. The van der Waals surface area contributed by atoms with Crippen molar-refractivity contribution in [3.63, 3.8) is 0 Å². The molecule has 1 aromatic carbocycles. The summed E-state index contributed by atoms with van der Waals surface area (Å²) in [6.45, 7) is 2.17. The summed E-state index contributed by atoms with van der Waals surface area (Å²) in [7, 11) is 0. The summed E-state index contributed by atoms with van der Waals surface area (Å²) in [6, 6.07) is 8.81. The Hall–Kier alpha value is -2.41. The molecule has 1 saturated heterocycles. The van der Waals surface area contributed by atoms with Crippen molar-refractivity contribution in [1.82, 2.24) is 9.88 Å². The highest BCUT2D eigenvalue weighted by Gasteiger charge is 2.41. The average molecular weight is 378 g/mol. The third kappa shape index (κ3) is 4.13. The molecule has 144 valence electrons. The number of aliphatic carboxylic acids is 1. The molecule has 2 heterocycles. The monoisotopic (exact) mass is 378 g/mol. The lowest BCUT2D eigenvalue weighted by atomic mass is 9.91. The first-order valence-electron chi connectivity index (χ1n) is 8.87. The highest BCUT2D eigenvalue weighted by Crippen LogP contribution is 2.40. The second-order valence-corrected chi connectivity index (χ2v) is 6.78. The topological polar surface area (TPSA) is 53.4 Å². The van der Waals surface area contributed by atoms with Crippen molar-refractivity contribution in [2.24, 2.45) is 0 Å². The van der Waals surface area contributed by atoms with Gasteiger partial charge in [-0.05, 0) is 50.1 Å². The number of nitrogens with zero attached hydrogens (tertiary/aromatic N) is 2. The number of carbonyl (C=O) groups is 1. The number of halogens is 3.